The highest BCUT2D eigenvalue weighted by Gasteiger charge is 2.45. The van der Waals surface area contributed by atoms with Crippen molar-refractivity contribution in [3.63, 3.8) is 0 Å². The number of carbonyl (C=O) groups excluding carboxylic acids is 1. The number of hydrogen-bond donors (Lipinski definition) is 0. The first kappa shape index (κ1) is 15.8. The molecule has 0 aliphatic carbocycles. The van der Waals surface area contributed by atoms with Crippen LogP contribution in [0.3, 0.4) is 0 Å². The highest BCUT2D eigenvalue weighted by atomic mass is 35.5. The summed E-state index contributed by atoms with van der Waals surface area (Å²) < 4.78 is 43.6. The van der Waals surface area contributed by atoms with Gasteiger partial charge in [0, 0.05) is 5.56 Å². The van der Waals surface area contributed by atoms with Gasteiger partial charge in [0.1, 0.15) is 5.88 Å². The highest BCUT2D eigenvalue weighted by Crippen LogP contribution is 2.39. The lowest BCUT2D eigenvalue weighted by molar-refractivity contribution is -0.223. The van der Waals surface area contributed by atoms with Crippen molar-refractivity contribution in [2.45, 2.75) is 33.1 Å². The van der Waals surface area contributed by atoms with Gasteiger partial charge in [-0.2, -0.15) is 13.2 Å². The summed E-state index contributed by atoms with van der Waals surface area (Å²) in [5, 5.41) is 0. The van der Waals surface area contributed by atoms with Crippen molar-refractivity contribution in [1.29, 1.82) is 0 Å². The summed E-state index contributed by atoms with van der Waals surface area (Å²) in [6.45, 7) is 4.91. The van der Waals surface area contributed by atoms with Crippen molar-refractivity contribution in [3.05, 3.63) is 34.4 Å². The molecule has 0 aromatic heterocycles. The number of halogens is 4. The molecule has 106 valence electrons. The molecular formula is C13H14ClF3O2. The van der Waals surface area contributed by atoms with Crippen LogP contribution < -0.4 is 0 Å². The topological polar surface area (TPSA) is 26.3 Å². The zero-order chi connectivity index (χ0) is 14.8. The first-order valence-electron chi connectivity index (χ1n) is 5.56. The molecule has 0 bridgehead atoms. The van der Waals surface area contributed by atoms with Crippen molar-refractivity contribution in [2.24, 2.45) is 0 Å². The van der Waals surface area contributed by atoms with Crippen LogP contribution in [-0.2, 0) is 9.53 Å². The molecule has 0 heterocycles. The van der Waals surface area contributed by atoms with Crippen molar-refractivity contribution in [3.8, 4) is 0 Å². The van der Waals surface area contributed by atoms with Gasteiger partial charge in [-0.05, 0) is 31.9 Å². The Kier molecular flexibility index (Phi) is 4.85. The van der Waals surface area contributed by atoms with Crippen molar-refractivity contribution in [2.75, 3.05) is 5.88 Å². The summed E-state index contributed by atoms with van der Waals surface area (Å²) in [5.74, 6) is -1.71. The van der Waals surface area contributed by atoms with Gasteiger partial charge in [0.15, 0.2) is 0 Å². The number of aryl methyl sites for hydroxylation is 3. The molecule has 0 radical (unpaired) electrons. The molecular weight excluding hydrogens is 281 g/mol. The smallest absolute Gasteiger partial charge is 0.429 e. The molecule has 0 aliphatic heterocycles. The number of alkyl halides is 4. The van der Waals surface area contributed by atoms with E-state index in [1.165, 1.54) is 0 Å². The molecule has 19 heavy (non-hydrogen) atoms. The second-order valence-corrected chi connectivity index (χ2v) is 4.62. The maximum absolute atomic E-state index is 13.0. The molecule has 0 aliphatic rings. The Morgan fingerprint density at radius 2 is 1.74 bits per heavy atom. The van der Waals surface area contributed by atoms with E-state index in [9.17, 15) is 18.0 Å². The van der Waals surface area contributed by atoms with Crippen LogP contribution in [0.2, 0.25) is 0 Å². The van der Waals surface area contributed by atoms with E-state index in [2.05, 4.69) is 4.74 Å². The third-order valence-electron chi connectivity index (χ3n) is 2.66. The van der Waals surface area contributed by atoms with Crippen molar-refractivity contribution < 1.29 is 22.7 Å². The van der Waals surface area contributed by atoms with E-state index in [1.807, 2.05) is 0 Å². The van der Waals surface area contributed by atoms with Crippen molar-refractivity contribution in [1.82, 2.24) is 0 Å². The number of ether oxygens (including phenoxy) is 1. The Labute approximate surface area is 114 Å². The number of carbonyl (C=O) groups is 1. The summed E-state index contributed by atoms with van der Waals surface area (Å²) in [7, 11) is 0. The minimum absolute atomic E-state index is 0.0310. The molecule has 0 fully saturated rings. The molecule has 1 unspecified atom stereocenters. The predicted octanol–water partition coefficient (Wildman–Crippen LogP) is 4.00. The lowest BCUT2D eigenvalue weighted by Crippen LogP contribution is -2.28. The Hall–Kier alpha value is -1.23. The Bertz CT molecular complexity index is 460. The molecule has 0 spiro atoms. The van der Waals surface area contributed by atoms with Gasteiger partial charge >= 0.3 is 12.1 Å². The number of rotatable bonds is 3. The third kappa shape index (κ3) is 3.86. The van der Waals surface area contributed by atoms with Gasteiger partial charge in [-0.3, -0.25) is 4.79 Å². The standard InChI is InChI=1S/C13H14ClF3O2/c1-7-4-8(2)11(9(3)5-7)12(13(15,16)17)19-10(18)6-14/h4-5,12H,6H2,1-3H3. The van der Waals surface area contributed by atoms with Gasteiger partial charge in [-0.15, -0.1) is 11.6 Å². The van der Waals surface area contributed by atoms with E-state index in [4.69, 9.17) is 11.6 Å². The van der Waals surface area contributed by atoms with Gasteiger partial charge in [0.2, 0.25) is 6.10 Å². The average Bonchev–Trinajstić information content (AvgIpc) is 2.24. The van der Waals surface area contributed by atoms with E-state index in [1.54, 1.807) is 32.9 Å². The largest absolute Gasteiger partial charge is 0.447 e. The van der Waals surface area contributed by atoms with Crippen LogP contribution >= 0.6 is 11.6 Å². The van der Waals surface area contributed by atoms with Crippen LogP contribution in [0.4, 0.5) is 13.2 Å². The Morgan fingerprint density at radius 3 is 2.11 bits per heavy atom. The second-order valence-electron chi connectivity index (χ2n) is 4.36. The first-order valence-corrected chi connectivity index (χ1v) is 6.10. The summed E-state index contributed by atoms with van der Waals surface area (Å²) in [4.78, 5) is 11.1. The molecule has 0 amide bonds. The second kappa shape index (κ2) is 5.82. The fraction of sp³-hybridized carbons (Fsp3) is 0.462. The molecule has 1 atom stereocenters. The quantitative estimate of drug-likeness (QED) is 0.622. The van der Waals surface area contributed by atoms with Gasteiger partial charge in [0.25, 0.3) is 0 Å². The van der Waals surface area contributed by atoms with E-state index < -0.39 is 24.1 Å². The van der Waals surface area contributed by atoms with Gasteiger partial charge in [-0.1, -0.05) is 17.7 Å². The minimum atomic E-state index is -4.67. The Balaban J connectivity index is 3.30. The number of hydrogen-bond acceptors (Lipinski definition) is 2. The molecule has 0 N–H and O–H groups in total. The average molecular weight is 295 g/mol. The normalized spacial score (nSPS) is 13.2. The van der Waals surface area contributed by atoms with Crippen LogP contribution in [0.25, 0.3) is 0 Å². The SMILES string of the molecule is Cc1cc(C)c(C(OC(=O)CCl)C(F)(F)F)c(C)c1. The highest BCUT2D eigenvalue weighted by molar-refractivity contribution is 6.26. The fourth-order valence-electron chi connectivity index (χ4n) is 2.06. The summed E-state index contributed by atoms with van der Waals surface area (Å²) in [5.41, 5.74) is 1.68. The van der Waals surface area contributed by atoms with Gasteiger partial charge < -0.3 is 4.74 Å². The molecule has 1 aromatic rings. The lowest BCUT2D eigenvalue weighted by Gasteiger charge is -2.24. The van der Waals surface area contributed by atoms with Crippen LogP contribution in [0.15, 0.2) is 12.1 Å². The third-order valence-corrected chi connectivity index (χ3v) is 2.87. The molecule has 1 aromatic carbocycles. The summed E-state index contributed by atoms with van der Waals surface area (Å²) in [6, 6.07) is 3.24. The zero-order valence-electron chi connectivity index (χ0n) is 10.8. The maximum atomic E-state index is 13.0. The van der Waals surface area contributed by atoms with Crippen LogP contribution in [-0.4, -0.2) is 18.0 Å². The minimum Gasteiger partial charge on any atom is -0.447 e. The zero-order valence-corrected chi connectivity index (χ0v) is 11.5. The molecule has 0 saturated heterocycles. The molecule has 1 rings (SSSR count). The van der Waals surface area contributed by atoms with E-state index in [0.29, 0.717) is 11.1 Å². The summed E-state index contributed by atoms with van der Waals surface area (Å²) in [6.07, 6.45) is -6.95. The molecule has 2 nitrogen and oxygen atoms in total. The van der Waals surface area contributed by atoms with Crippen molar-refractivity contribution >= 4 is 17.6 Å². The fourth-order valence-corrected chi connectivity index (χ4v) is 2.12. The first-order chi connectivity index (χ1) is 8.66. The number of esters is 1. The van der Waals surface area contributed by atoms with E-state index in [0.717, 1.165) is 5.56 Å². The van der Waals surface area contributed by atoms with Gasteiger partial charge in [-0.25, -0.2) is 0 Å². The maximum Gasteiger partial charge on any atom is 0.429 e. The molecule has 6 heteroatoms. The Morgan fingerprint density at radius 1 is 1.26 bits per heavy atom. The van der Waals surface area contributed by atoms with Crippen LogP contribution in [0.5, 0.6) is 0 Å². The predicted molar refractivity (Wildman–Crippen MR) is 66.3 cm³/mol. The van der Waals surface area contributed by atoms with E-state index in [-0.39, 0.29) is 5.56 Å². The summed E-state index contributed by atoms with van der Waals surface area (Å²) >= 11 is 5.20. The van der Waals surface area contributed by atoms with E-state index >= 15 is 0 Å². The monoisotopic (exact) mass is 294 g/mol. The van der Waals surface area contributed by atoms with Crippen LogP contribution in [0, 0.1) is 20.8 Å². The van der Waals surface area contributed by atoms with Crippen LogP contribution in [0.1, 0.15) is 28.4 Å². The van der Waals surface area contributed by atoms with Gasteiger partial charge in [0.05, 0.1) is 0 Å². The number of benzene rings is 1. The lowest BCUT2D eigenvalue weighted by atomic mass is 9.95. The molecule has 0 saturated carbocycles.